The molecule has 0 radical (unpaired) electrons. The molecule has 1 aromatic rings. The molecule has 1 saturated carbocycles. The normalized spacial score (nSPS) is 27.8. The molecule has 5 rings (SSSR count). The van der Waals surface area contributed by atoms with E-state index in [9.17, 15) is 14.9 Å². The van der Waals surface area contributed by atoms with Crippen LogP contribution in [0.5, 0.6) is 0 Å². The van der Waals surface area contributed by atoms with Crippen LogP contribution in [0, 0.1) is 23.2 Å². The second-order valence-electron chi connectivity index (χ2n) is 11.7. The number of ether oxygens (including phenoxy) is 1. The minimum Gasteiger partial charge on any atom is -0.378 e. The smallest absolute Gasteiger partial charge is 0.224 e. The number of likely N-dealkylation sites (tertiary alicyclic amines) is 1. The van der Waals surface area contributed by atoms with Gasteiger partial charge in [0.15, 0.2) is 0 Å². The van der Waals surface area contributed by atoms with Crippen molar-refractivity contribution in [1.82, 2.24) is 15.1 Å². The number of rotatable bonds is 7. The summed E-state index contributed by atoms with van der Waals surface area (Å²) in [6.07, 6.45) is 10.7. The Morgan fingerprint density at radius 1 is 1.08 bits per heavy atom. The summed E-state index contributed by atoms with van der Waals surface area (Å²) in [6.45, 7) is 3.73. The molecule has 1 aromatic carbocycles. The fourth-order valence-corrected chi connectivity index (χ4v) is 6.97. The number of nitrogens with one attached hydrogen (secondary N) is 1. The van der Waals surface area contributed by atoms with Crippen molar-refractivity contribution in [2.45, 2.75) is 82.2 Å². The Hall–Kier alpha value is -2.43. The highest BCUT2D eigenvalue weighted by Crippen LogP contribution is 2.33. The summed E-state index contributed by atoms with van der Waals surface area (Å²) in [5, 5.41) is 13.4. The predicted molar refractivity (Wildman–Crippen MR) is 142 cm³/mol. The van der Waals surface area contributed by atoms with Gasteiger partial charge in [0.05, 0.1) is 19.3 Å². The van der Waals surface area contributed by atoms with Crippen LogP contribution < -0.4 is 5.32 Å². The number of morpholine rings is 1. The van der Waals surface area contributed by atoms with Gasteiger partial charge < -0.3 is 15.0 Å². The van der Waals surface area contributed by atoms with Crippen LogP contribution in [0.15, 0.2) is 24.3 Å². The van der Waals surface area contributed by atoms with Gasteiger partial charge in [-0.15, -0.1) is 0 Å². The standard InChI is InChI=1S/C30H42N4O3/c31-21-30(12-13-34(22-30)27-8-2-1-3-9-27)32-29(36)26(20-28(35)33-14-16-37-17-15-33)19-23-10-11-24-6-4-5-7-25(24)18-23/h4-7,23,26-27H,1-3,8-20,22H2,(H,32,36)/t23?,26-,30+/m1/s1. The average molecular weight is 507 g/mol. The minimum atomic E-state index is -0.853. The zero-order chi connectivity index (χ0) is 25.7. The lowest BCUT2D eigenvalue weighted by Crippen LogP contribution is -2.53. The van der Waals surface area contributed by atoms with Crippen LogP contribution in [0.4, 0.5) is 0 Å². The van der Waals surface area contributed by atoms with E-state index in [1.165, 1.54) is 43.2 Å². The number of carbonyl (C=O) groups is 2. The van der Waals surface area contributed by atoms with Crippen molar-refractivity contribution in [1.29, 1.82) is 5.26 Å². The van der Waals surface area contributed by atoms with Crippen molar-refractivity contribution >= 4 is 11.8 Å². The van der Waals surface area contributed by atoms with Crippen molar-refractivity contribution in [3.63, 3.8) is 0 Å². The van der Waals surface area contributed by atoms with E-state index in [2.05, 4.69) is 40.6 Å². The summed E-state index contributed by atoms with van der Waals surface area (Å²) in [7, 11) is 0. The van der Waals surface area contributed by atoms with Crippen molar-refractivity contribution < 1.29 is 14.3 Å². The second kappa shape index (κ2) is 12.0. The topological polar surface area (TPSA) is 85.7 Å². The summed E-state index contributed by atoms with van der Waals surface area (Å²) in [5.41, 5.74) is 1.92. The zero-order valence-corrected chi connectivity index (χ0v) is 22.1. The molecule has 2 aliphatic heterocycles. The van der Waals surface area contributed by atoms with Crippen LogP contribution >= 0.6 is 0 Å². The van der Waals surface area contributed by atoms with Crippen LogP contribution in [0.2, 0.25) is 0 Å². The minimum absolute atomic E-state index is 0.0286. The Labute approximate surface area is 221 Å². The van der Waals surface area contributed by atoms with Crippen LogP contribution in [0.25, 0.3) is 0 Å². The maximum atomic E-state index is 13.8. The summed E-state index contributed by atoms with van der Waals surface area (Å²) in [4.78, 5) is 31.3. The van der Waals surface area contributed by atoms with Crippen LogP contribution in [-0.2, 0) is 27.2 Å². The van der Waals surface area contributed by atoms with Crippen molar-refractivity contribution in [2.24, 2.45) is 11.8 Å². The Balaban J connectivity index is 1.27. The Kier molecular flexibility index (Phi) is 8.46. The highest BCUT2D eigenvalue weighted by atomic mass is 16.5. The molecule has 3 fully saturated rings. The predicted octanol–water partition coefficient (Wildman–Crippen LogP) is 3.46. The molecular weight excluding hydrogens is 464 g/mol. The number of hydrogen-bond donors (Lipinski definition) is 1. The number of fused-ring (bicyclic) bond motifs is 1. The van der Waals surface area contributed by atoms with E-state index < -0.39 is 11.5 Å². The molecule has 1 unspecified atom stereocenters. The molecule has 2 saturated heterocycles. The van der Waals surface area contributed by atoms with Gasteiger partial charge in [-0.2, -0.15) is 5.26 Å². The van der Waals surface area contributed by atoms with Gasteiger partial charge >= 0.3 is 0 Å². The van der Waals surface area contributed by atoms with Gasteiger partial charge in [-0.3, -0.25) is 14.5 Å². The number of nitriles is 1. The van der Waals surface area contributed by atoms with Crippen LogP contribution in [0.3, 0.4) is 0 Å². The Bertz CT molecular complexity index is 995. The number of aryl methyl sites for hydroxylation is 1. The molecule has 7 heteroatoms. The molecule has 3 atom stereocenters. The second-order valence-corrected chi connectivity index (χ2v) is 11.7. The summed E-state index contributed by atoms with van der Waals surface area (Å²) in [6, 6.07) is 11.6. The average Bonchev–Trinajstić information content (AvgIpc) is 3.38. The van der Waals surface area contributed by atoms with Gasteiger partial charge in [0.1, 0.15) is 5.54 Å². The lowest BCUT2D eigenvalue weighted by atomic mass is 9.78. The first-order chi connectivity index (χ1) is 18.0. The number of amides is 2. The van der Waals surface area contributed by atoms with E-state index in [0.29, 0.717) is 57.6 Å². The number of carbonyl (C=O) groups excluding carboxylic acids is 2. The van der Waals surface area contributed by atoms with E-state index >= 15 is 0 Å². The van der Waals surface area contributed by atoms with E-state index in [1.807, 2.05) is 4.90 Å². The summed E-state index contributed by atoms with van der Waals surface area (Å²) in [5.74, 6) is -0.142. The largest absolute Gasteiger partial charge is 0.378 e. The third-order valence-electron chi connectivity index (χ3n) is 9.19. The number of benzene rings is 1. The highest BCUT2D eigenvalue weighted by molar-refractivity contribution is 5.86. The van der Waals surface area contributed by atoms with Crippen molar-refractivity contribution in [3.8, 4) is 6.07 Å². The van der Waals surface area contributed by atoms with Gasteiger partial charge in [0.2, 0.25) is 11.8 Å². The fraction of sp³-hybridized carbons (Fsp3) is 0.700. The molecule has 200 valence electrons. The highest BCUT2D eigenvalue weighted by Gasteiger charge is 2.43. The molecule has 37 heavy (non-hydrogen) atoms. The molecule has 0 bridgehead atoms. The first-order valence-electron chi connectivity index (χ1n) is 14.4. The molecule has 7 nitrogen and oxygen atoms in total. The van der Waals surface area contributed by atoms with Gasteiger partial charge in [0, 0.05) is 44.6 Å². The molecule has 2 aliphatic carbocycles. The van der Waals surface area contributed by atoms with Crippen molar-refractivity contribution in [3.05, 3.63) is 35.4 Å². The first kappa shape index (κ1) is 26.2. The lowest BCUT2D eigenvalue weighted by Gasteiger charge is -2.33. The molecule has 2 heterocycles. The van der Waals surface area contributed by atoms with Gasteiger partial charge in [-0.05, 0) is 62.0 Å². The van der Waals surface area contributed by atoms with Crippen LogP contribution in [0.1, 0.15) is 68.9 Å². The Morgan fingerprint density at radius 3 is 2.59 bits per heavy atom. The maximum Gasteiger partial charge on any atom is 0.224 e. The third kappa shape index (κ3) is 6.35. The van der Waals surface area contributed by atoms with E-state index in [1.54, 1.807) is 0 Å². The summed E-state index contributed by atoms with van der Waals surface area (Å²) >= 11 is 0. The maximum absolute atomic E-state index is 13.8. The fourth-order valence-electron chi connectivity index (χ4n) is 6.97. The Morgan fingerprint density at radius 2 is 1.84 bits per heavy atom. The van der Waals surface area contributed by atoms with E-state index in [0.717, 1.165) is 25.8 Å². The molecule has 2 amide bonds. The summed E-state index contributed by atoms with van der Waals surface area (Å²) < 4.78 is 5.42. The first-order valence-corrected chi connectivity index (χ1v) is 14.4. The monoisotopic (exact) mass is 506 g/mol. The zero-order valence-electron chi connectivity index (χ0n) is 22.1. The SMILES string of the molecule is N#C[C@@]1(NC(=O)[C@@H](CC(=O)N2CCOCC2)CC2CCc3ccccc3C2)CCN(C2CCCCC2)C1. The van der Waals surface area contributed by atoms with Crippen LogP contribution in [-0.4, -0.2) is 72.6 Å². The lowest BCUT2D eigenvalue weighted by molar-refractivity contribution is -0.140. The molecular formula is C30H42N4O3. The van der Waals surface area contributed by atoms with Gasteiger partial charge in [-0.25, -0.2) is 0 Å². The van der Waals surface area contributed by atoms with E-state index in [-0.39, 0.29) is 18.2 Å². The number of nitrogens with zero attached hydrogens (tertiary/aromatic N) is 3. The molecule has 1 N–H and O–H groups in total. The quantitative estimate of drug-likeness (QED) is 0.612. The number of hydrogen-bond acceptors (Lipinski definition) is 5. The van der Waals surface area contributed by atoms with Crippen molar-refractivity contribution in [2.75, 3.05) is 39.4 Å². The molecule has 4 aliphatic rings. The van der Waals surface area contributed by atoms with Gasteiger partial charge in [-0.1, -0.05) is 43.5 Å². The molecule has 0 spiro atoms. The third-order valence-corrected chi connectivity index (χ3v) is 9.19. The van der Waals surface area contributed by atoms with E-state index in [4.69, 9.17) is 4.74 Å². The van der Waals surface area contributed by atoms with Gasteiger partial charge in [0.25, 0.3) is 0 Å². The molecule has 0 aromatic heterocycles.